The molecular formula is C18H18ClF3N2O2. The van der Waals surface area contributed by atoms with Gasteiger partial charge in [0.15, 0.2) is 0 Å². The molecule has 0 aliphatic carbocycles. The van der Waals surface area contributed by atoms with Gasteiger partial charge in [0, 0.05) is 30.8 Å². The molecule has 0 heterocycles. The molecule has 140 valence electrons. The van der Waals surface area contributed by atoms with Crippen LogP contribution in [0.25, 0.3) is 0 Å². The third kappa shape index (κ3) is 5.56. The van der Waals surface area contributed by atoms with Gasteiger partial charge in [-0.2, -0.15) is 13.2 Å². The largest absolute Gasteiger partial charge is 0.496 e. The van der Waals surface area contributed by atoms with Gasteiger partial charge in [-0.3, -0.25) is 4.79 Å². The highest BCUT2D eigenvalue weighted by molar-refractivity contribution is 6.31. The average Bonchev–Trinajstić information content (AvgIpc) is 2.60. The van der Waals surface area contributed by atoms with E-state index in [1.807, 2.05) is 18.2 Å². The molecule has 2 N–H and O–H groups in total. The summed E-state index contributed by atoms with van der Waals surface area (Å²) in [6.45, 7) is 0.499. The van der Waals surface area contributed by atoms with E-state index >= 15 is 0 Å². The van der Waals surface area contributed by atoms with E-state index < -0.39 is 11.7 Å². The van der Waals surface area contributed by atoms with E-state index in [9.17, 15) is 18.0 Å². The maximum atomic E-state index is 12.8. The number of carbonyl (C=O) groups excluding carboxylic acids is 1. The lowest BCUT2D eigenvalue weighted by Gasteiger charge is -2.13. The number of hydrogen-bond donors (Lipinski definition) is 2. The molecule has 0 radical (unpaired) electrons. The van der Waals surface area contributed by atoms with E-state index in [1.54, 1.807) is 13.2 Å². The van der Waals surface area contributed by atoms with Crippen molar-refractivity contribution in [3.63, 3.8) is 0 Å². The second-order valence-electron chi connectivity index (χ2n) is 5.46. The number of rotatable bonds is 7. The standard InChI is InChI=1S/C18H18ClF3N2O2/c1-26-16-5-3-2-4-12(16)11-24-17(25)8-9-23-13-6-7-15(19)14(10-13)18(20,21)22/h2-7,10,23H,8-9,11H2,1H3,(H,24,25). The molecule has 0 bridgehead atoms. The third-order valence-corrected chi connectivity index (χ3v) is 3.95. The lowest BCUT2D eigenvalue weighted by atomic mass is 10.2. The van der Waals surface area contributed by atoms with Gasteiger partial charge in [-0.25, -0.2) is 0 Å². The lowest BCUT2D eigenvalue weighted by Crippen LogP contribution is -2.25. The molecule has 2 rings (SSSR count). The topological polar surface area (TPSA) is 50.4 Å². The van der Waals surface area contributed by atoms with Crippen molar-refractivity contribution in [2.75, 3.05) is 19.0 Å². The number of nitrogens with one attached hydrogen (secondary N) is 2. The molecule has 0 aromatic heterocycles. The second-order valence-corrected chi connectivity index (χ2v) is 5.86. The molecule has 2 aromatic carbocycles. The highest BCUT2D eigenvalue weighted by atomic mass is 35.5. The van der Waals surface area contributed by atoms with Crippen molar-refractivity contribution in [3.05, 3.63) is 58.6 Å². The van der Waals surface area contributed by atoms with Crippen molar-refractivity contribution in [2.24, 2.45) is 0 Å². The average molecular weight is 387 g/mol. The SMILES string of the molecule is COc1ccccc1CNC(=O)CCNc1ccc(Cl)c(C(F)(F)F)c1. The Morgan fingerprint density at radius 1 is 1.19 bits per heavy atom. The Bertz CT molecular complexity index is 766. The number of amides is 1. The molecule has 4 nitrogen and oxygen atoms in total. The van der Waals surface area contributed by atoms with Gasteiger partial charge in [0.1, 0.15) is 5.75 Å². The molecule has 0 saturated heterocycles. The zero-order valence-corrected chi connectivity index (χ0v) is 14.7. The fourth-order valence-corrected chi connectivity index (χ4v) is 2.53. The van der Waals surface area contributed by atoms with Gasteiger partial charge in [-0.15, -0.1) is 0 Å². The van der Waals surface area contributed by atoms with Crippen LogP contribution < -0.4 is 15.4 Å². The van der Waals surface area contributed by atoms with Crippen molar-refractivity contribution in [1.82, 2.24) is 5.32 Å². The summed E-state index contributed by atoms with van der Waals surface area (Å²) < 4.78 is 43.6. The van der Waals surface area contributed by atoms with Gasteiger partial charge in [-0.1, -0.05) is 29.8 Å². The number of methoxy groups -OCH3 is 1. The minimum atomic E-state index is -4.53. The molecule has 0 unspecified atom stereocenters. The zero-order chi connectivity index (χ0) is 19.2. The Hall–Kier alpha value is -2.41. The quantitative estimate of drug-likeness (QED) is 0.737. The summed E-state index contributed by atoms with van der Waals surface area (Å²) in [5.41, 5.74) is 0.174. The molecule has 1 amide bonds. The van der Waals surface area contributed by atoms with E-state index in [4.69, 9.17) is 16.3 Å². The fourth-order valence-electron chi connectivity index (χ4n) is 2.30. The molecule has 2 aromatic rings. The minimum Gasteiger partial charge on any atom is -0.496 e. The van der Waals surface area contributed by atoms with E-state index in [1.165, 1.54) is 12.1 Å². The second kappa shape index (κ2) is 8.80. The first-order valence-corrected chi connectivity index (χ1v) is 8.18. The predicted octanol–water partition coefficient (Wildman–Crippen LogP) is 4.49. The monoisotopic (exact) mass is 386 g/mol. The Kier molecular flexibility index (Phi) is 6.74. The Balaban J connectivity index is 1.83. The third-order valence-electron chi connectivity index (χ3n) is 3.62. The number of benzene rings is 2. The fraction of sp³-hybridized carbons (Fsp3) is 0.278. The summed E-state index contributed by atoms with van der Waals surface area (Å²) in [7, 11) is 1.55. The zero-order valence-electron chi connectivity index (χ0n) is 14.0. The highest BCUT2D eigenvalue weighted by Gasteiger charge is 2.33. The van der Waals surface area contributed by atoms with Gasteiger partial charge in [0.05, 0.1) is 17.7 Å². The van der Waals surface area contributed by atoms with Crippen LogP contribution in [0.5, 0.6) is 5.75 Å². The van der Waals surface area contributed by atoms with Crippen LogP contribution >= 0.6 is 11.6 Å². The van der Waals surface area contributed by atoms with Crippen LogP contribution in [-0.2, 0) is 17.5 Å². The lowest BCUT2D eigenvalue weighted by molar-refractivity contribution is -0.137. The molecular weight excluding hydrogens is 369 g/mol. The number of anilines is 1. The van der Waals surface area contributed by atoms with Gasteiger partial charge >= 0.3 is 6.18 Å². The van der Waals surface area contributed by atoms with Crippen LogP contribution in [0.15, 0.2) is 42.5 Å². The van der Waals surface area contributed by atoms with Crippen LogP contribution in [0.1, 0.15) is 17.5 Å². The Morgan fingerprint density at radius 3 is 2.62 bits per heavy atom. The molecule has 8 heteroatoms. The van der Waals surface area contributed by atoms with Gasteiger partial charge < -0.3 is 15.4 Å². The van der Waals surface area contributed by atoms with Crippen molar-refractivity contribution < 1.29 is 22.7 Å². The van der Waals surface area contributed by atoms with Crippen molar-refractivity contribution >= 4 is 23.2 Å². The summed E-state index contributed by atoms with van der Waals surface area (Å²) in [5, 5.41) is 5.17. The molecule has 0 aliphatic rings. The highest BCUT2D eigenvalue weighted by Crippen LogP contribution is 2.36. The molecule has 0 aliphatic heterocycles. The molecule has 0 fully saturated rings. The number of halogens is 4. The van der Waals surface area contributed by atoms with Gasteiger partial charge in [0.2, 0.25) is 5.91 Å². The summed E-state index contributed by atoms with van der Waals surface area (Å²) in [6, 6.07) is 10.8. The van der Waals surface area contributed by atoms with Crippen LogP contribution in [0.3, 0.4) is 0 Å². The number of para-hydroxylation sites is 1. The van der Waals surface area contributed by atoms with Crippen molar-refractivity contribution in [3.8, 4) is 5.75 Å². The number of ether oxygens (including phenoxy) is 1. The normalized spacial score (nSPS) is 11.1. The Labute approximate surface area is 154 Å². The predicted molar refractivity (Wildman–Crippen MR) is 94.4 cm³/mol. The van der Waals surface area contributed by atoms with Gasteiger partial charge in [0.25, 0.3) is 0 Å². The summed E-state index contributed by atoms with van der Waals surface area (Å²) >= 11 is 5.57. The van der Waals surface area contributed by atoms with E-state index in [2.05, 4.69) is 10.6 Å². The van der Waals surface area contributed by atoms with Crippen LogP contribution in [0.4, 0.5) is 18.9 Å². The number of alkyl halides is 3. The first-order valence-electron chi connectivity index (χ1n) is 7.80. The number of hydrogen-bond acceptors (Lipinski definition) is 3. The van der Waals surface area contributed by atoms with Gasteiger partial charge in [-0.05, 0) is 24.3 Å². The van der Waals surface area contributed by atoms with Crippen LogP contribution in [0, 0.1) is 0 Å². The molecule has 0 atom stereocenters. The summed E-state index contributed by atoms with van der Waals surface area (Å²) in [5.74, 6) is 0.445. The van der Waals surface area contributed by atoms with E-state index in [0.717, 1.165) is 11.6 Å². The van der Waals surface area contributed by atoms with E-state index in [-0.39, 0.29) is 29.6 Å². The molecule has 26 heavy (non-hydrogen) atoms. The summed E-state index contributed by atoms with van der Waals surface area (Å²) in [4.78, 5) is 11.9. The smallest absolute Gasteiger partial charge is 0.417 e. The first-order chi connectivity index (χ1) is 12.3. The van der Waals surface area contributed by atoms with Crippen molar-refractivity contribution in [1.29, 1.82) is 0 Å². The van der Waals surface area contributed by atoms with Crippen molar-refractivity contribution in [2.45, 2.75) is 19.1 Å². The maximum absolute atomic E-state index is 12.8. The molecule has 0 saturated carbocycles. The van der Waals surface area contributed by atoms with Crippen LogP contribution in [0.2, 0.25) is 5.02 Å². The van der Waals surface area contributed by atoms with Crippen LogP contribution in [-0.4, -0.2) is 19.6 Å². The van der Waals surface area contributed by atoms with E-state index in [0.29, 0.717) is 12.3 Å². The minimum absolute atomic E-state index is 0.110. The Morgan fingerprint density at radius 2 is 1.92 bits per heavy atom. The maximum Gasteiger partial charge on any atom is 0.417 e. The summed E-state index contributed by atoms with van der Waals surface area (Å²) in [6.07, 6.45) is -4.42. The first kappa shape index (κ1) is 19.9. The number of carbonyl (C=O) groups is 1. The molecule has 0 spiro atoms.